The van der Waals surface area contributed by atoms with Gasteiger partial charge in [0.05, 0.1) is 11.6 Å². The van der Waals surface area contributed by atoms with Crippen molar-refractivity contribution in [1.82, 2.24) is 5.32 Å². The molecule has 2 unspecified atom stereocenters. The van der Waals surface area contributed by atoms with Gasteiger partial charge < -0.3 is 5.32 Å². The number of nitrogens with zero attached hydrogens (tertiary/aromatic N) is 1. The molecular formula is C13H16N2. The van der Waals surface area contributed by atoms with Crippen LogP contribution in [0.4, 0.5) is 0 Å². The summed E-state index contributed by atoms with van der Waals surface area (Å²) in [5.74, 6) is 1.78. The van der Waals surface area contributed by atoms with E-state index in [1.54, 1.807) is 0 Å². The summed E-state index contributed by atoms with van der Waals surface area (Å²) >= 11 is 0. The van der Waals surface area contributed by atoms with Gasteiger partial charge in [-0.1, -0.05) is 19.1 Å². The van der Waals surface area contributed by atoms with E-state index in [0.717, 1.165) is 30.5 Å². The lowest BCUT2D eigenvalue weighted by Crippen LogP contribution is -2.16. The molecule has 1 aliphatic carbocycles. The van der Waals surface area contributed by atoms with E-state index in [4.69, 9.17) is 5.26 Å². The lowest BCUT2D eigenvalue weighted by atomic mass is 10.1. The Kier molecular flexibility index (Phi) is 3.03. The van der Waals surface area contributed by atoms with Crippen LogP contribution in [0.2, 0.25) is 0 Å². The fraction of sp³-hybridized carbons (Fsp3) is 0.462. The summed E-state index contributed by atoms with van der Waals surface area (Å²) in [4.78, 5) is 0. The Morgan fingerprint density at radius 2 is 2.33 bits per heavy atom. The number of nitrogens with one attached hydrogen (secondary N) is 1. The van der Waals surface area contributed by atoms with E-state index in [1.165, 1.54) is 12.0 Å². The zero-order chi connectivity index (χ0) is 10.7. The summed E-state index contributed by atoms with van der Waals surface area (Å²) < 4.78 is 0. The molecule has 0 spiro atoms. The van der Waals surface area contributed by atoms with Crippen LogP contribution in [0.3, 0.4) is 0 Å². The molecule has 2 heteroatoms. The lowest BCUT2D eigenvalue weighted by molar-refractivity contribution is 0.612. The predicted molar refractivity (Wildman–Crippen MR) is 60.1 cm³/mol. The SMILES string of the molecule is CC1CC1CNCc1cccc(C#N)c1. The zero-order valence-electron chi connectivity index (χ0n) is 9.03. The third-order valence-electron chi connectivity index (χ3n) is 3.07. The van der Waals surface area contributed by atoms with Crippen molar-refractivity contribution in [3.63, 3.8) is 0 Å². The van der Waals surface area contributed by atoms with Crippen LogP contribution in [0.1, 0.15) is 24.5 Å². The molecule has 2 rings (SSSR count). The molecule has 0 bridgehead atoms. The minimum atomic E-state index is 0.745. The molecule has 1 saturated carbocycles. The molecule has 0 radical (unpaired) electrons. The topological polar surface area (TPSA) is 35.8 Å². The first-order valence-electron chi connectivity index (χ1n) is 5.49. The van der Waals surface area contributed by atoms with E-state index < -0.39 is 0 Å². The second kappa shape index (κ2) is 4.46. The normalized spacial score (nSPS) is 23.5. The Labute approximate surface area is 90.9 Å². The van der Waals surface area contributed by atoms with Gasteiger partial charge in [-0.05, 0) is 42.5 Å². The molecule has 2 nitrogen and oxygen atoms in total. The molecule has 2 atom stereocenters. The fourth-order valence-corrected chi connectivity index (χ4v) is 1.84. The summed E-state index contributed by atoms with van der Waals surface area (Å²) in [5, 5.41) is 12.2. The van der Waals surface area contributed by atoms with Crippen LogP contribution in [-0.2, 0) is 6.54 Å². The Morgan fingerprint density at radius 3 is 3.00 bits per heavy atom. The minimum absolute atomic E-state index is 0.745. The van der Waals surface area contributed by atoms with E-state index in [1.807, 2.05) is 18.2 Å². The molecule has 1 aromatic carbocycles. The molecule has 1 aromatic rings. The van der Waals surface area contributed by atoms with Gasteiger partial charge in [0.15, 0.2) is 0 Å². The van der Waals surface area contributed by atoms with Crippen LogP contribution in [0, 0.1) is 23.2 Å². The highest BCUT2D eigenvalue weighted by Crippen LogP contribution is 2.36. The van der Waals surface area contributed by atoms with Crippen LogP contribution in [0.15, 0.2) is 24.3 Å². The quantitative estimate of drug-likeness (QED) is 0.809. The highest BCUT2D eigenvalue weighted by molar-refractivity contribution is 5.32. The Hall–Kier alpha value is -1.33. The van der Waals surface area contributed by atoms with Crippen molar-refractivity contribution in [2.45, 2.75) is 19.9 Å². The first-order valence-corrected chi connectivity index (χ1v) is 5.49. The molecule has 0 aliphatic heterocycles. The number of rotatable bonds is 4. The van der Waals surface area contributed by atoms with Gasteiger partial charge >= 0.3 is 0 Å². The monoisotopic (exact) mass is 200 g/mol. The third kappa shape index (κ3) is 2.81. The largest absolute Gasteiger partial charge is 0.312 e. The van der Waals surface area contributed by atoms with Gasteiger partial charge in [0, 0.05) is 6.54 Å². The molecule has 1 aliphatic rings. The smallest absolute Gasteiger partial charge is 0.0991 e. The lowest BCUT2D eigenvalue weighted by Gasteiger charge is -2.04. The van der Waals surface area contributed by atoms with Crippen molar-refractivity contribution in [3.8, 4) is 6.07 Å². The van der Waals surface area contributed by atoms with Crippen LogP contribution in [-0.4, -0.2) is 6.54 Å². The summed E-state index contributed by atoms with van der Waals surface area (Å²) in [6, 6.07) is 9.95. The van der Waals surface area contributed by atoms with E-state index in [-0.39, 0.29) is 0 Å². The first-order chi connectivity index (χ1) is 7.29. The minimum Gasteiger partial charge on any atom is -0.312 e. The average molecular weight is 200 g/mol. The number of hydrogen-bond acceptors (Lipinski definition) is 2. The Balaban J connectivity index is 1.80. The van der Waals surface area contributed by atoms with Crippen molar-refractivity contribution in [2.75, 3.05) is 6.54 Å². The van der Waals surface area contributed by atoms with Gasteiger partial charge in [-0.2, -0.15) is 5.26 Å². The molecule has 15 heavy (non-hydrogen) atoms. The van der Waals surface area contributed by atoms with Crippen LogP contribution < -0.4 is 5.32 Å². The van der Waals surface area contributed by atoms with Gasteiger partial charge in [-0.15, -0.1) is 0 Å². The standard InChI is InChI=1S/C13H16N2/c1-10-5-13(10)9-15-8-12-4-2-3-11(6-12)7-14/h2-4,6,10,13,15H,5,8-9H2,1H3. The van der Waals surface area contributed by atoms with Crippen LogP contribution in [0.25, 0.3) is 0 Å². The third-order valence-corrected chi connectivity index (χ3v) is 3.07. The van der Waals surface area contributed by atoms with Crippen molar-refractivity contribution >= 4 is 0 Å². The zero-order valence-corrected chi connectivity index (χ0v) is 9.03. The second-order valence-electron chi connectivity index (χ2n) is 4.42. The van der Waals surface area contributed by atoms with E-state index in [0.29, 0.717) is 0 Å². The average Bonchev–Trinajstić information content (AvgIpc) is 2.95. The van der Waals surface area contributed by atoms with Crippen LogP contribution >= 0.6 is 0 Å². The highest BCUT2D eigenvalue weighted by Gasteiger charge is 2.31. The van der Waals surface area contributed by atoms with Gasteiger partial charge in [-0.3, -0.25) is 0 Å². The van der Waals surface area contributed by atoms with Crippen molar-refractivity contribution in [1.29, 1.82) is 5.26 Å². The summed E-state index contributed by atoms with van der Waals surface area (Å²) in [6.07, 6.45) is 1.37. The maximum atomic E-state index is 8.75. The van der Waals surface area contributed by atoms with Crippen LogP contribution in [0.5, 0.6) is 0 Å². The van der Waals surface area contributed by atoms with Crippen molar-refractivity contribution in [2.24, 2.45) is 11.8 Å². The van der Waals surface area contributed by atoms with Gasteiger partial charge in [0.2, 0.25) is 0 Å². The molecule has 0 heterocycles. The summed E-state index contributed by atoms with van der Waals surface area (Å²) in [6.45, 7) is 4.28. The second-order valence-corrected chi connectivity index (χ2v) is 4.42. The van der Waals surface area contributed by atoms with Crippen molar-refractivity contribution < 1.29 is 0 Å². The number of hydrogen-bond donors (Lipinski definition) is 1. The van der Waals surface area contributed by atoms with Gasteiger partial charge in [0.25, 0.3) is 0 Å². The summed E-state index contributed by atoms with van der Waals surface area (Å²) in [5.41, 5.74) is 1.94. The van der Waals surface area contributed by atoms with Gasteiger partial charge in [0.1, 0.15) is 0 Å². The number of nitriles is 1. The highest BCUT2D eigenvalue weighted by atomic mass is 14.9. The van der Waals surface area contributed by atoms with Gasteiger partial charge in [-0.25, -0.2) is 0 Å². The predicted octanol–water partition coefficient (Wildman–Crippen LogP) is 2.30. The molecule has 78 valence electrons. The number of benzene rings is 1. The summed E-state index contributed by atoms with van der Waals surface area (Å²) in [7, 11) is 0. The molecule has 0 amide bonds. The Bertz CT molecular complexity index is 378. The molecule has 1 N–H and O–H groups in total. The molecule has 0 saturated heterocycles. The maximum Gasteiger partial charge on any atom is 0.0991 e. The Morgan fingerprint density at radius 1 is 1.53 bits per heavy atom. The maximum absolute atomic E-state index is 8.75. The van der Waals surface area contributed by atoms with Crippen molar-refractivity contribution in [3.05, 3.63) is 35.4 Å². The van der Waals surface area contributed by atoms with E-state index in [9.17, 15) is 0 Å². The van der Waals surface area contributed by atoms with E-state index >= 15 is 0 Å². The molecule has 1 fully saturated rings. The fourth-order valence-electron chi connectivity index (χ4n) is 1.84. The van der Waals surface area contributed by atoms with E-state index in [2.05, 4.69) is 24.4 Å². The molecular weight excluding hydrogens is 184 g/mol. The molecule has 0 aromatic heterocycles. The first kappa shape index (κ1) is 10.2.